The van der Waals surface area contributed by atoms with Gasteiger partial charge in [-0.1, -0.05) is 0 Å². The van der Waals surface area contributed by atoms with Gasteiger partial charge >= 0.3 is 0 Å². The van der Waals surface area contributed by atoms with Crippen molar-refractivity contribution < 1.29 is 4.74 Å². The average Bonchev–Trinajstić information content (AvgIpc) is 2.97. The van der Waals surface area contributed by atoms with E-state index in [0.717, 1.165) is 19.6 Å². The number of ether oxygens (including phenoxy) is 1. The number of hydrogen-bond acceptors (Lipinski definition) is 4. The third-order valence-electron chi connectivity index (χ3n) is 3.44. The maximum atomic E-state index is 5.72. The van der Waals surface area contributed by atoms with Gasteiger partial charge in [0.25, 0.3) is 0 Å². The van der Waals surface area contributed by atoms with Crippen LogP contribution in [-0.2, 0) is 4.74 Å². The van der Waals surface area contributed by atoms with Gasteiger partial charge in [-0.05, 0) is 39.2 Å². The molecule has 3 heterocycles. The normalized spacial score (nSPS) is 30.1. The van der Waals surface area contributed by atoms with Crippen LogP contribution in [-0.4, -0.2) is 18.1 Å². The Morgan fingerprint density at radius 3 is 3.00 bits per heavy atom. The van der Waals surface area contributed by atoms with E-state index in [1.165, 1.54) is 34.8 Å². The van der Waals surface area contributed by atoms with Gasteiger partial charge in [0, 0.05) is 11.5 Å². The fraction of sp³-hybridized carbons (Fsp3) is 0.750. The van der Waals surface area contributed by atoms with Crippen LogP contribution in [0.4, 0.5) is 0 Å². The molecule has 2 fully saturated rings. The van der Waals surface area contributed by atoms with Crippen LogP contribution in [0, 0.1) is 6.92 Å². The van der Waals surface area contributed by atoms with E-state index >= 15 is 0 Å². The second-order valence-corrected chi connectivity index (χ2v) is 5.88. The van der Waals surface area contributed by atoms with Crippen molar-refractivity contribution in [3.63, 3.8) is 0 Å². The summed E-state index contributed by atoms with van der Waals surface area (Å²) >= 11 is 1.84. The third-order valence-corrected chi connectivity index (χ3v) is 4.54. The lowest BCUT2D eigenvalue weighted by atomic mass is 10.1. The Labute approximate surface area is 100 Å². The predicted molar refractivity (Wildman–Crippen MR) is 64.8 cm³/mol. The van der Waals surface area contributed by atoms with Gasteiger partial charge in [-0.15, -0.1) is 11.3 Å². The summed E-state index contributed by atoms with van der Waals surface area (Å²) in [5.41, 5.74) is 1.20. The fourth-order valence-corrected chi connectivity index (χ4v) is 3.65. The Balaban J connectivity index is 1.83. The molecular formula is C12H18N2OS. The smallest absolute Gasteiger partial charge is 0.110 e. The molecule has 2 atom stereocenters. The van der Waals surface area contributed by atoms with Crippen LogP contribution in [0.25, 0.3) is 0 Å². The highest BCUT2D eigenvalue weighted by atomic mass is 32.1. The van der Waals surface area contributed by atoms with E-state index in [4.69, 9.17) is 9.72 Å². The molecule has 88 valence electrons. The molecule has 1 N–H and O–H groups in total. The fourth-order valence-electron chi connectivity index (χ4n) is 2.57. The molecule has 0 spiro atoms. The third kappa shape index (κ3) is 1.90. The molecule has 0 bridgehead atoms. The number of aryl methyl sites for hydroxylation is 1. The highest BCUT2D eigenvalue weighted by Gasteiger charge is 2.26. The van der Waals surface area contributed by atoms with E-state index < -0.39 is 0 Å². The number of nitrogens with zero attached hydrogens (tertiary/aromatic N) is 1. The highest BCUT2D eigenvalue weighted by molar-refractivity contribution is 7.11. The van der Waals surface area contributed by atoms with Gasteiger partial charge in [0.2, 0.25) is 0 Å². The van der Waals surface area contributed by atoms with Crippen LogP contribution in [0.1, 0.15) is 53.4 Å². The Hall–Kier alpha value is -0.450. The molecule has 2 aliphatic heterocycles. The van der Waals surface area contributed by atoms with Gasteiger partial charge in [-0.25, -0.2) is 4.98 Å². The molecule has 0 radical (unpaired) electrons. The van der Waals surface area contributed by atoms with Crippen LogP contribution in [0.2, 0.25) is 0 Å². The first-order valence-corrected chi connectivity index (χ1v) is 6.98. The van der Waals surface area contributed by atoms with Crippen molar-refractivity contribution in [1.29, 1.82) is 0 Å². The molecule has 3 nitrogen and oxygen atoms in total. The van der Waals surface area contributed by atoms with Crippen molar-refractivity contribution >= 4 is 11.3 Å². The van der Waals surface area contributed by atoms with Crippen molar-refractivity contribution in [3.05, 3.63) is 15.6 Å². The van der Waals surface area contributed by atoms with Crippen LogP contribution in [0.5, 0.6) is 0 Å². The van der Waals surface area contributed by atoms with Gasteiger partial charge in [0.1, 0.15) is 11.1 Å². The Bertz CT molecular complexity index is 365. The summed E-state index contributed by atoms with van der Waals surface area (Å²) in [5, 5.41) is 4.78. The molecule has 16 heavy (non-hydrogen) atoms. The van der Waals surface area contributed by atoms with Gasteiger partial charge in [-0.2, -0.15) is 0 Å². The molecule has 0 saturated carbocycles. The first kappa shape index (κ1) is 10.7. The van der Waals surface area contributed by atoms with E-state index in [1.807, 2.05) is 11.3 Å². The molecule has 3 rings (SSSR count). The molecule has 0 amide bonds. The number of nitrogens with one attached hydrogen (secondary N) is 1. The maximum Gasteiger partial charge on any atom is 0.110 e. The lowest BCUT2D eigenvalue weighted by Crippen LogP contribution is -2.12. The molecule has 0 aromatic carbocycles. The molecular weight excluding hydrogens is 220 g/mol. The minimum atomic E-state index is 0.270. The van der Waals surface area contributed by atoms with Gasteiger partial charge in [0.05, 0.1) is 11.7 Å². The molecule has 4 heteroatoms. The van der Waals surface area contributed by atoms with E-state index in [0.29, 0.717) is 6.04 Å². The molecule has 1 aromatic heterocycles. The van der Waals surface area contributed by atoms with Crippen molar-refractivity contribution in [1.82, 2.24) is 10.3 Å². The lowest BCUT2D eigenvalue weighted by Gasteiger charge is -2.07. The lowest BCUT2D eigenvalue weighted by molar-refractivity contribution is 0.108. The molecule has 2 saturated heterocycles. The minimum Gasteiger partial charge on any atom is -0.372 e. The number of rotatable bonds is 2. The zero-order valence-corrected chi connectivity index (χ0v) is 10.5. The van der Waals surface area contributed by atoms with E-state index in [-0.39, 0.29) is 6.10 Å². The van der Waals surface area contributed by atoms with Crippen molar-refractivity contribution in [3.8, 4) is 0 Å². The topological polar surface area (TPSA) is 34.2 Å². The Kier molecular flexibility index (Phi) is 2.96. The Morgan fingerprint density at radius 2 is 2.31 bits per heavy atom. The first-order valence-electron chi connectivity index (χ1n) is 6.17. The average molecular weight is 238 g/mol. The maximum absolute atomic E-state index is 5.72. The zero-order chi connectivity index (χ0) is 11.0. The van der Waals surface area contributed by atoms with Crippen molar-refractivity contribution in [2.24, 2.45) is 0 Å². The largest absolute Gasteiger partial charge is 0.372 e. The first-order chi connectivity index (χ1) is 7.84. The zero-order valence-electron chi connectivity index (χ0n) is 9.66. The summed E-state index contributed by atoms with van der Waals surface area (Å²) in [7, 11) is 0. The van der Waals surface area contributed by atoms with E-state index in [1.54, 1.807) is 0 Å². The molecule has 0 aliphatic carbocycles. The van der Waals surface area contributed by atoms with Gasteiger partial charge in [0.15, 0.2) is 0 Å². The summed E-state index contributed by atoms with van der Waals surface area (Å²) in [4.78, 5) is 6.15. The van der Waals surface area contributed by atoms with Crippen LogP contribution in [0.15, 0.2) is 0 Å². The monoisotopic (exact) mass is 238 g/mol. The predicted octanol–water partition coefficient (Wildman–Crippen LogP) is 2.73. The second kappa shape index (κ2) is 4.43. The number of hydrogen-bond donors (Lipinski definition) is 1. The van der Waals surface area contributed by atoms with Crippen LogP contribution in [0.3, 0.4) is 0 Å². The quantitative estimate of drug-likeness (QED) is 0.860. The summed E-state index contributed by atoms with van der Waals surface area (Å²) < 4.78 is 5.72. The van der Waals surface area contributed by atoms with Gasteiger partial charge < -0.3 is 10.1 Å². The minimum absolute atomic E-state index is 0.270. The van der Waals surface area contributed by atoms with Crippen LogP contribution >= 0.6 is 11.3 Å². The molecule has 2 unspecified atom stereocenters. The van der Waals surface area contributed by atoms with E-state index in [2.05, 4.69) is 12.2 Å². The summed E-state index contributed by atoms with van der Waals surface area (Å²) in [6, 6.07) is 0.499. The summed E-state index contributed by atoms with van der Waals surface area (Å²) in [5.74, 6) is 0. The Morgan fingerprint density at radius 1 is 1.38 bits per heavy atom. The van der Waals surface area contributed by atoms with E-state index in [9.17, 15) is 0 Å². The van der Waals surface area contributed by atoms with Crippen molar-refractivity contribution in [2.75, 3.05) is 13.2 Å². The number of aromatic nitrogens is 1. The second-order valence-electron chi connectivity index (χ2n) is 4.64. The summed E-state index contributed by atoms with van der Waals surface area (Å²) in [6.07, 6.45) is 5.10. The number of thiazole rings is 1. The SMILES string of the molecule is Cc1sc(C2CCCN2)nc1C1CCCO1. The van der Waals surface area contributed by atoms with Crippen molar-refractivity contribution in [2.45, 2.75) is 44.8 Å². The standard InChI is InChI=1S/C12H18N2OS/c1-8-11(10-5-3-7-15-10)14-12(16-8)9-4-2-6-13-9/h9-10,13H,2-7H2,1H3. The van der Waals surface area contributed by atoms with Crippen LogP contribution < -0.4 is 5.32 Å². The summed E-state index contributed by atoms with van der Waals surface area (Å²) in [6.45, 7) is 4.21. The molecule has 1 aromatic rings. The van der Waals surface area contributed by atoms with Gasteiger partial charge in [-0.3, -0.25) is 0 Å². The molecule has 2 aliphatic rings. The highest BCUT2D eigenvalue weighted by Crippen LogP contribution is 2.35.